The van der Waals surface area contributed by atoms with Gasteiger partial charge in [-0.25, -0.2) is 8.42 Å². The highest BCUT2D eigenvalue weighted by Gasteiger charge is 2.31. The quantitative estimate of drug-likeness (QED) is 0.869. The molecule has 1 N–H and O–H groups in total. The first-order valence-electron chi connectivity index (χ1n) is 8.01. The summed E-state index contributed by atoms with van der Waals surface area (Å²) in [5.74, 6) is -0.0509. The van der Waals surface area contributed by atoms with Crippen molar-refractivity contribution in [2.24, 2.45) is 0 Å². The summed E-state index contributed by atoms with van der Waals surface area (Å²) < 4.78 is 27.3. The second-order valence-corrected chi connectivity index (χ2v) is 8.21. The van der Waals surface area contributed by atoms with E-state index < -0.39 is 10.0 Å². The minimum Gasteiger partial charge on any atom is -0.317 e. The largest absolute Gasteiger partial charge is 0.317 e. The molecule has 134 valence electrons. The lowest BCUT2D eigenvalue weighted by Gasteiger charge is -2.31. The zero-order chi connectivity index (χ0) is 16.6. The predicted octanol–water partition coefficient (Wildman–Crippen LogP) is 1.39. The Labute approximate surface area is 149 Å². The van der Waals surface area contributed by atoms with Crippen LogP contribution < -0.4 is 10.2 Å². The average Bonchev–Trinajstić information content (AvgIpc) is 2.98. The molecule has 0 saturated carbocycles. The number of rotatable bonds is 3. The predicted molar refractivity (Wildman–Crippen MR) is 96.3 cm³/mol. The van der Waals surface area contributed by atoms with Crippen LogP contribution in [0.5, 0.6) is 0 Å². The molecule has 0 radical (unpaired) electrons. The Morgan fingerprint density at radius 1 is 1.29 bits per heavy atom. The molecule has 3 rings (SSSR count). The molecule has 0 spiro atoms. The molecule has 6 nitrogen and oxygen atoms in total. The number of nitrogens with one attached hydrogen (secondary N) is 1. The van der Waals surface area contributed by atoms with Crippen LogP contribution in [0.15, 0.2) is 23.1 Å². The topological polar surface area (TPSA) is 69.7 Å². The van der Waals surface area contributed by atoms with Crippen LogP contribution in [-0.2, 0) is 21.2 Å². The van der Waals surface area contributed by atoms with E-state index in [1.54, 1.807) is 24.1 Å². The first-order chi connectivity index (χ1) is 10.9. The Bertz CT molecular complexity index is 717. The summed E-state index contributed by atoms with van der Waals surface area (Å²) in [5.41, 5.74) is 1.76. The molecule has 0 unspecified atom stereocenters. The maximum Gasteiger partial charge on any atom is 0.243 e. The van der Waals surface area contributed by atoms with Crippen molar-refractivity contribution in [2.45, 2.75) is 37.1 Å². The van der Waals surface area contributed by atoms with Crippen molar-refractivity contribution in [3.8, 4) is 0 Å². The summed E-state index contributed by atoms with van der Waals surface area (Å²) in [6.45, 7) is 3.81. The van der Waals surface area contributed by atoms with Gasteiger partial charge in [0.05, 0.1) is 4.90 Å². The first kappa shape index (κ1) is 19.2. The van der Waals surface area contributed by atoms with Gasteiger partial charge in [0.2, 0.25) is 15.9 Å². The fraction of sp³-hybridized carbons (Fsp3) is 0.562. The molecule has 8 heteroatoms. The molecule has 24 heavy (non-hydrogen) atoms. The highest BCUT2D eigenvalue weighted by Crippen LogP contribution is 2.32. The maximum absolute atomic E-state index is 12.9. The van der Waals surface area contributed by atoms with E-state index in [0.717, 1.165) is 43.6 Å². The van der Waals surface area contributed by atoms with E-state index in [1.165, 1.54) is 11.2 Å². The highest BCUT2D eigenvalue weighted by atomic mass is 35.5. The van der Waals surface area contributed by atoms with Gasteiger partial charge in [-0.2, -0.15) is 4.31 Å². The number of benzene rings is 1. The molecule has 0 aromatic heterocycles. The van der Waals surface area contributed by atoms with Crippen LogP contribution in [0.4, 0.5) is 5.69 Å². The lowest BCUT2D eigenvalue weighted by molar-refractivity contribution is -0.116. The summed E-state index contributed by atoms with van der Waals surface area (Å²) >= 11 is 0. The fourth-order valence-corrected chi connectivity index (χ4v) is 4.82. The van der Waals surface area contributed by atoms with Gasteiger partial charge < -0.3 is 10.2 Å². The van der Waals surface area contributed by atoms with Crippen LogP contribution in [0.25, 0.3) is 0 Å². The number of hydrogen-bond donors (Lipinski definition) is 1. The SMILES string of the molecule is CC(=O)N1CCc2ccc(S(=O)(=O)N(C)C3CCNCC3)cc21.Cl. The fourth-order valence-electron chi connectivity index (χ4n) is 3.38. The van der Waals surface area contributed by atoms with Gasteiger partial charge in [0, 0.05) is 32.2 Å². The van der Waals surface area contributed by atoms with Crippen LogP contribution in [0.2, 0.25) is 0 Å². The number of piperidine rings is 1. The summed E-state index contributed by atoms with van der Waals surface area (Å²) in [4.78, 5) is 13.6. The van der Waals surface area contributed by atoms with Crippen molar-refractivity contribution >= 4 is 34.0 Å². The van der Waals surface area contributed by atoms with E-state index in [4.69, 9.17) is 0 Å². The number of hydrogen-bond acceptors (Lipinski definition) is 4. The van der Waals surface area contributed by atoms with Crippen LogP contribution in [0.3, 0.4) is 0 Å². The zero-order valence-electron chi connectivity index (χ0n) is 14.0. The molecule has 0 aliphatic carbocycles. The number of carbonyl (C=O) groups is 1. The molecule has 2 aliphatic rings. The third-order valence-electron chi connectivity index (χ3n) is 4.83. The Morgan fingerprint density at radius 2 is 1.96 bits per heavy atom. The molecule has 0 atom stereocenters. The van der Waals surface area contributed by atoms with Gasteiger partial charge in [0.25, 0.3) is 0 Å². The van der Waals surface area contributed by atoms with Gasteiger partial charge in [0.15, 0.2) is 0 Å². The highest BCUT2D eigenvalue weighted by molar-refractivity contribution is 7.89. The third-order valence-corrected chi connectivity index (χ3v) is 6.74. The number of halogens is 1. The number of sulfonamides is 1. The molecule has 2 heterocycles. The first-order valence-corrected chi connectivity index (χ1v) is 9.45. The summed E-state index contributed by atoms with van der Waals surface area (Å²) in [6.07, 6.45) is 2.42. The normalized spacial score (nSPS) is 18.4. The van der Waals surface area contributed by atoms with Gasteiger partial charge in [-0.05, 0) is 50.0 Å². The van der Waals surface area contributed by atoms with Gasteiger partial charge in [-0.3, -0.25) is 4.79 Å². The second kappa shape index (κ2) is 7.39. The van der Waals surface area contributed by atoms with E-state index >= 15 is 0 Å². The number of anilines is 1. The van der Waals surface area contributed by atoms with E-state index in [9.17, 15) is 13.2 Å². The van der Waals surface area contributed by atoms with Gasteiger partial charge in [0.1, 0.15) is 0 Å². The van der Waals surface area contributed by atoms with E-state index in [2.05, 4.69) is 5.32 Å². The molecular weight excluding hydrogens is 350 g/mol. The van der Waals surface area contributed by atoms with Crippen molar-refractivity contribution in [3.63, 3.8) is 0 Å². The molecule has 1 saturated heterocycles. The number of fused-ring (bicyclic) bond motifs is 1. The molecule has 1 amide bonds. The molecule has 0 bridgehead atoms. The molecular formula is C16H24ClN3O3S. The third kappa shape index (κ3) is 3.44. The second-order valence-electron chi connectivity index (χ2n) is 6.21. The summed E-state index contributed by atoms with van der Waals surface area (Å²) in [7, 11) is -1.89. The maximum atomic E-state index is 12.9. The average molecular weight is 374 g/mol. The van der Waals surface area contributed by atoms with Crippen LogP contribution >= 0.6 is 12.4 Å². The molecule has 1 fully saturated rings. The van der Waals surface area contributed by atoms with Crippen LogP contribution in [-0.4, -0.2) is 51.4 Å². The minimum absolute atomic E-state index is 0. The van der Waals surface area contributed by atoms with Crippen molar-refractivity contribution in [1.82, 2.24) is 9.62 Å². The Hall–Kier alpha value is -1.15. The minimum atomic E-state index is -3.54. The van der Waals surface area contributed by atoms with Crippen molar-refractivity contribution < 1.29 is 13.2 Å². The lowest BCUT2D eigenvalue weighted by atomic mass is 10.1. The van der Waals surface area contributed by atoms with Gasteiger partial charge in [-0.15, -0.1) is 12.4 Å². The zero-order valence-corrected chi connectivity index (χ0v) is 15.6. The number of nitrogens with zero attached hydrogens (tertiary/aromatic N) is 2. The lowest BCUT2D eigenvalue weighted by Crippen LogP contribution is -2.43. The molecule has 1 aromatic carbocycles. The van der Waals surface area contributed by atoms with Crippen molar-refractivity contribution in [3.05, 3.63) is 23.8 Å². The number of carbonyl (C=O) groups excluding carboxylic acids is 1. The van der Waals surface area contributed by atoms with Crippen LogP contribution in [0.1, 0.15) is 25.3 Å². The Morgan fingerprint density at radius 3 is 2.58 bits per heavy atom. The number of amides is 1. The van der Waals surface area contributed by atoms with Crippen LogP contribution in [0, 0.1) is 0 Å². The molecule has 2 aliphatic heterocycles. The Balaban J connectivity index is 0.00000208. The van der Waals surface area contributed by atoms with Gasteiger partial charge >= 0.3 is 0 Å². The summed E-state index contributed by atoms with van der Waals surface area (Å²) in [5, 5.41) is 3.25. The van der Waals surface area contributed by atoms with Gasteiger partial charge in [-0.1, -0.05) is 6.07 Å². The smallest absolute Gasteiger partial charge is 0.243 e. The van der Waals surface area contributed by atoms with Crippen molar-refractivity contribution in [2.75, 3.05) is 31.6 Å². The van der Waals surface area contributed by atoms with Crippen molar-refractivity contribution in [1.29, 1.82) is 0 Å². The van der Waals surface area contributed by atoms with E-state index in [0.29, 0.717) is 6.54 Å². The molecule has 1 aromatic rings. The standard InChI is InChI=1S/C16H23N3O3S.ClH/c1-12(20)19-10-7-13-3-4-15(11-16(13)19)23(21,22)18(2)14-5-8-17-9-6-14;/h3-4,11,14,17H,5-10H2,1-2H3;1H. The van der Waals surface area contributed by atoms with E-state index in [1.807, 2.05) is 6.07 Å². The monoisotopic (exact) mass is 373 g/mol. The summed E-state index contributed by atoms with van der Waals surface area (Å²) in [6, 6.07) is 5.17. The van der Waals surface area contributed by atoms with E-state index in [-0.39, 0.29) is 29.3 Å². The Kier molecular flexibility index (Phi) is 5.91.